The molecule has 5 heteroatoms. The van der Waals surface area contributed by atoms with Crippen molar-refractivity contribution in [1.29, 1.82) is 0 Å². The first kappa shape index (κ1) is 18.7. The molecule has 1 aromatic carbocycles. The lowest BCUT2D eigenvalue weighted by Crippen LogP contribution is -2.37. The predicted molar refractivity (Wildman–Crippen MR) is 94.5 cm³/mol. The molecule has 0 aromatic heterocycles. The molecule has 4 nitrogen and oxygen atoms in total. The first-order valence-electron chi connectivity index (χ1n) is 8.62. The maximum absolute atomic E-state index is 13.5. The zero-order chi connectivity index (χ0) is 17.1. The zero-order valence-electron chi connectivity index (χ0n) is 14.9. The second kappa shape index (κ2) is 7.48. The van der Waals surface area contributed by atoms with Gasteiger partial charge in [-0.05, 0) is 44.6 Å². The first-order chi connectivity index (χ1) is 10.9. The van der Waals surface area contributed by atoms with Crippen LogP contribution in [0.5, 0.6) is 0 Å². The largest absolute Gasteiger partial charge is 0.350 e. The van der Waals surface area contributed by atoms with Gasteiger partial charge >= 0.3 is 7.60 Å². The summed E-state index contributed by atoms with van der Waals surface area (Å²) in [5, 5.41) is 3.05. The highest BCUT2D eigenvalue weighted by molar-refractivity contribution is 7.56. The lowest BCUT2D eigenvalue weighted by Gasteiger charge is -2.32. The maximum atomic E-state index is 13.5. The fourth-order valence-electron chi connectivity index (χ4n) is 3.43. The van der Waals surface area contributed by atoms with Crippen LogP contribution in [0.2, 0.25) is 0 Å². The normalized spacial score (nSPS) is 25.6. The molecule has 1 fully saturated rings. The van der Waals surface area contributed by atoms with Crippen molar-refractivity contribution in [1.82, 2.24) is 5.32 Å². The van der Waals surface area contributed by atoms with Crippen LogP contribution < -0.4 is 5.32 Å². The van der Waals surface area contributed by atoms with Gasteiger partial charge < -0.3 is 9.05 Å². The van der Waals surface area contributed by atoms with E-state index in [2.05, 4.69) is 38.2 Å². The Morgan fingerprint density at radius 3 is 2.17 bits per heavy atom. The van der Waals surface area contributed by atoms with E-state index in [1.54, 1.807) is 0 Å². The van der Waals surface area contributed by atoms with Crippen LogP contribution in [0.3, 0.4) is 0 Å². The molecule has 1 N–H and O–H groups in total. The molecule has 3 atom stereocenters. The highest BCUT2D eigenvalue weighted by Crippen LogP contribution is 2.74. The summed E-state index contributed by atoms with van der Waals surface area (Å²) in [4.78, 5) is 0. The molecule has 0 unspecified atom stereocenters. The average Bonchev–Trinajstić information content (AvgIpc) is 3.25. The van der Waals surface area contributed by atoms with E-state index in [0.717, 1.165) is 6.42 Å². The second-order valence-electron chi connectivity index (χ2n) is 6.59. The molecule has 1 aromatic rings. The Morgan fingerprint density at radius 1 is 1.17 bits per heavy atom. The summed E-state index contributed by atoms with van der Waals surface area (Å²) in [6.45, 7) is 11.0. The Balaban J connectivity index is 2.28. The molecule has 0 spiro atoms. The fourth-order valence-corrected chi connectivity index (χ4v) is 6.12. The topological polar surface area (TPSA) is 47.6 Å². The Morgan fingerprint density at radius 2 is 1.74 bits per heavy atom. The van der Waals surface area contributed by atoms with Gasteiger partial charge in [-0.15, -0.1) is 0 Å². The van der Waals surface area contributed by atoms with Gasteiger partial charge in [-0.3, -0.25) is 9.88 Å². The highest BCUT2D eigenvalue weighted by Gasteiger charge is 2.68. The van der Waals surface area contributed by atoms with E-state index in [9.17, 15) is 4.57 Å². The summed E-state index contributed by atoms with van der Waals surface area (Å²) in [5.74, 6) is 0.734. The molecule has 0 radical (unpaired) electrons. The standard InChI is InChI=1S/C18H30NO3P/c1-6-21-23(20,22-7-2)18(13-17(18)14(3)4)19-15(5)16-11-9-8-10-12-16/h8-12,14-15,17,19H,6-7,13H2,1-5H3/t15-,17-,18+/m0/s1. The first-order valence-corrected chi connectivity index (χ1v) is 10.2. The van der Waals surface area contributed by atoms with Gasteiger partial charge in [0.15, 0.2) is 0 Å². The van der Waals surface area contributed by atoms with Gasteiger partial charge in [0.1, 0.15) is 5.28 Å². The summed E-state index contributed by atoms with van der Waals surface area (Å²) >= 11 is 0. The van der Waals surface area contributed by atoms with Crippen molar-refractivity contribution in [3.05, 3.63) is 35.9 Å². The molecule has 0 heterocycles. The van der Waals surface area contributed by atoms with Crippen molar-refractivity contribution in [3.63, 3.8) is 0 Å². The van der Waals surface area contributed by atoms with Crippen molar-refractivity contribution in [2.75, 3.05) is 13.2 Å². The third kappa shape index (κ3) is 3.71. The smallest absolute Gasteiger partial charge is 0.308 e. The molecular weight excluding hydrogens is 309 g/mol. The van der Waals surface area contributed by atoms with Crippen molar-refractivity contribution < 1.29 is 13.6 Å². The van der Waals surface area contributed by atoms with E-state index in [4.69, 9.17) is 9.05 Å². The number of hydrogen-bond donors (Lipinski definition) is 1. The van der Waals surface area contributed by atoms with Crippen molar-refractivity contribution in [3.8, 4) is 0 Å². The minimum absolute atomic E-state index is 0.0918. The molecule has 1 aliphatic carbocycles. The van der Waals surface area contributed by atoms with Crippen LogP contribution in [-0.4, -0.2) is 18.5 Å². The second-order valence-corrected chi connectivity index (χ2v) is 8.90. The fraction of sp³-hybridized carbons (Fsp3) is 0.667. The van der Waals surface area contributed by atoms with Gasteiger partial charge in [-0.1, -0.05) is 44.2 Å². The van der Waals surface area contributed by atoms with Crippen LogP contribution in [0.1, 0.15) is 52.6 Å². The predicted octanol–water partition coefficient (Wildman–Crippen LogP) is 4.98. The van der Waals surface area contributed by atoms with Crippen LogP contribution in [-0.2, 0) is 13.6 Å². The summed E-state index contributed by atoms with van der Waals surface area (Å²) in [7, 11) is -3.21. The van der Waals surface area contributed by atoms with Crippen molar-refractivity contribution >= 4 is 7.60 Å². The molecular formula is C18H30NO3P. The molecule has 0 amide bonds. The van der Waals surface area contributed by atoms with E-state index in [1.807, 2.05) is 32.0 Å². The molecule has 0 aliphatic heterocycles. The van der Waals surface area contributed by atoms with Crippen LogP contribution in [0.4, 0.5) is 0 Å². The molecule has 0 bridgehead atoms. The maximum Gasteiger partial charge on any atom is 0.350 e. The van der Waals surface area contributed by atoms with Crippen LogP contribution in [0.15, 0.2) is 30.3 Å². The minimum atomic E-state index is -3.21. The molecule has 23 heavy (non-hydrogen) atoms. The highest BCUT2D eigenvalue weighted by atomic mass is 31.2. The van der Waals surface area contributed by atoms with Crippen LogP contribution >= 0.6 is 7.60 Å². The number of hydrogen-bond acceptors (Lipinski definition) is 4. The van der Waals surface area contributed by atoms with E-state index in [-0.39, 0.29) is 6.04 Å². The number of benzene rings is 1. The number of nitrogens with one attached hydrogen (secondary N) is 1. The van der Waals surface area contributed by atoms with Gasteiger partial charge in [-0.25, -0.2) is 0 Å². The molecule has 0 saturated heterocycles. The molecule has 2 rings (SSSR count). The minimum Gasteiger partial charge on any atom is -0.308 e. The van der Waals surface area contributed by atoms with Crippen molar-refractivity contribution in [2.24, 2.45) is 11.8 Å². The van der Waals surface area contributed by atoms with E-state index in [1.165, 1.54) is 5.56 Å². The van der Waals surface area contributed by atoms with Crippen LogP contribution in [0.25, 0.3) is 0 Å². The third-order valence-corrected chi connectivity index (χ3v) is 7.46. The Kier molecular flexibility index (Phi) is 6.07. The summed E-state index contributed by atoms with van der Waals surface area (Å²) in [5.41, 5.74) is 1.18. The Bertz CT molecular complexity index is 538. The monoisotopic (exact) mass is 339 g/mol. The summed E-state index contributed by atoms with van der Waals surface area (Å²) < 4.78 is 24.8. The Hall–Kier alpha value is -0.670. The van der Waals surface area contributed by atoms with Gasteiger partial charge in [0.25, 0.3) is 0 Å². The van der Waals surface area contributed by atoms with Gasteiger partial charge in [-0.2, -0.15) is 0 Å². The van der Waals surface area contributed by atoms with E-state index >= 15 is 0 Å². The lowest BCUT2D eigenvalue weighted by atomic mass is 10.1. The average molecular weight is 339 g/mol. The SMILES string of the molecule is CCOP(=O)(OCC)[C@]1(N[C@@H](C)c2ccccc2)C[C@H]1C(C)C. The Labute approximate surface area is 140 Å². The summed E-state index contributed by atoms with van der Waals surface area (Å²) in [6, 6.07) is 10.3. The van der Waals surface area contributed by atoms with Gasteiger partial charge in [0.05, 0.1) is 13.2 Å². The molecule has 130 valence electrons. The van der Waals surface area contributed by atoms with Crippen molar-refractivity contribution in [2.45, 2.75) is 52.4 Å². The number of rotatable bonds is 9. The van der Waals surface area contributed by atoms with E-state index < -0.39 is 12.9 Å². The van der Waals surface area contributed by atoms with Crippen LogP contribution in [0, 0.1) is 11.8 Å². The third-order valence-electron chi connectivity index (χ3n) is 4.64. The van der Waals surface area contributed by atoms with E-state index in [0.29, 0.717) is 25.0 Å². The molecule has 1 aliphatic rings. The summed E-state index contributed by atoms with van der Waals surface area (Å²) in [6.07, 6.45) is 0.832. The molecule has 1 saturated carbocycles. The zero-order valence-corrected chi connectivity index (χ0v) is 15.8. The van der Waals surface area contributed by atoms with Gasteiger partial charge in [0.2, 0.25) is 0 Å². The van der Waals surface area contributed by atoms with Gasteiger partial charge in [0, 0.05) is 6.04 Å². The quantitative estimate of drug-likeness (QED) is 0.645. The lowest BCUT2D eigenvalue weighted by molar-refractivity contribution is 0.196.